The molecule has 2 heterocycles. The van der Waals surface area contributed by atoms with Crippen molar-refractivity contribution in [2.75, 3.05) is 19.6 Å². The first-order valence-corrected chi connectivity index (χ1v) is 6.69. The number of nitrogens with zero attached hydrogens (tertiary/aromatic N) is 2. The number of carbonyl (C=O) groups is 1. The lowest BCUT2D eigenvalue weighted by molar-refractivity contribution is -0.131. The molecule has 0 saturated carbocycles. The van der Waals surface area contributed by atoms with Crippen molar-refractivity contribution in [3.05, 3.63) is 30.1 Å². The Bertz CT molecular complexity index is 374. The van der Waals surface area contributed by atoms with E-state index in [4.69, 9.17) is 0 Å². The molecule has 0 aromatic carbocycles. The predicted molar refractivity (Wildman–Crippen MR) is 71.2 cm³/mol. The third-order valence-corrected chi connectivity index (χ3v) is 3.35. The van der Waals surface area contributed by atoms with Crippen LogP contribution in [0.25, 0.3) is 0 Å². The average molecular weight is 247 g/mol. The van der Waals surface area contributed by atoms with Crippen molar-refractivity contribution < 1.29 is 4.79 Å². The Labute approximate surface area is 108 Å². The van der Waals surface area contributed by atoms with Gasteiger partial charge in [-0.1, -0.05) is 6.07 Å². The van der Waals surface area contributed by atoms with Crippen LogP contribution in [0.15, 0.2) is 24.4 Å². The van der Waals surface area contributed by atoms with Crippen molar-refractivity contribution in [2.24, 2.45) is 0 Å². The summed E-state index contributed by atoms with van der Waals surface area (Å²) in [5.74, 6) is 0.230. The van der Waals surface area contributed by atoms with Crippen molar-refractivity contribution >= 4 is 5.91 Å². The molecule has 1 atom stereocenters. The van der Waals surface area contributed by atoms with E-state index in [0.717, 1.165) is 44.6 Å². The molecule has 1 unspecified atom stereocenters. The highest BCUT2D eigenvalue weighted by Crippen LogP contribution is 2.08. The lowest BCUT2D eigenvalue weighted by atomic mass is 10.2. The summed E-state index contributed by atoms with van der Waals surface area (Å²) >= 11 is 0. The van der Waals surface area contributed by atoms with Crippen molar-refractivity contribution in [3.8, 4) is 0 Å². The molecule has 4 nitrogen and oxygen atoms in total. The maximum atomic E-state index is 12.0. The Morgan fingerprint density at radius 1 is 1.44 bits per heavy atom. The molecule has 98 valence electrons. The number of aromatic nitrogens is 1. The van der Waals surface area contributed by atoms with E-state index in [1.165, 1.54) is 0 Å². The number of pyridine rings is 1. The Morgan fingerprint density at radius 3 is 2.89 bits per heavy atom. The summed E-state index contributed by atoms with van der Waals surface area (Å²) in [5.41, 5.74) is 1.06. The van der Waals surface area contributed by atoms with Gasteiger partial charge in [0.2, 0.25) is 5.91 Å². The highest BCUT2D eigenvalue weighted by Gasteiger charge is 2.22. The van der Waals surface area contributed by atoms with Gasteiger partial charge < -0.3 is 10.2 Å². The summed E-state index contributed by atoms with van der Waals surface area (Å²) in [6.07, 6.45) is 4.95. The zero-order chi connectivity index (χ0) is 12.8. The van der Waals surface area contributed by atoms with Crippen LogP contribution in [0, 0.1) is 0 Å². The number of rotatable bonds is 5. The monoisotopic (exact) mass is 247 g/mol. The number of hydrogen-bond donors (Lipinski definition) is 1. The second-order valence-corrected chi connectivity index (χ2v) is 4.78. The highest BCUT2D eigenvalue weighted by atomic mass is 16.2. The molecule has 1 N–H and O–H groups in total. The molecule has 1 aliphatic heterocycles. The molecule has 2 rings (SSSR count). The van der Waals surface area contributed by atoms with Crippen LogP contribution in [0.5, 0.6) is 0 Å². The van der Waals surface area contributed by atoms with E-state index in [1.807, 2.05) is 30.0 Å². The van der Waals surface area contributed by atoms with Crippen LogP contribution >= 0.6 is 0 Å². The second-order valence-electron chi connectivity index (χ2n) is 4.78. The normalized spacial score (nSPS) is 16.8. The van der Waals surface area contributed by atoms with Crippen LogP contribution in [-0.2, 0) is 11.2 Å². The Kier molecular flexibility index (Phi) is 4.70. The van der Waals surface area contributed by atoms with Crippen molar-refractivity contribution in [2.45, 2.75) is 32.2 Å². The van der Waals surface area contributed by atoms with Crippen molar-refractivity contribution in [1.82, 2.24) is 15.2 Å². The van der Waals surface area contributed by atoms with Crippen molar-refractivity contribution in [1.29, 1.82) is 0 Å². The van der Waals surface area contributed by atoms with Gasteiger partial charge in [0.25, 0.3) is 0 Å². The third kappa shape index (κ3) is 3.53. The molecule has 4 heteroatoms. The fourth-order valence-electron chi connectivity index (χ4n) is 2.26. The maximum absolute atomic E-state index is 12.0. The number of likely N-dealkylation sites (tertiary alicyclic amines) is 1. The Morgan fingerprint density at radius 2 is 2.22 bits per heavy atom. The molecular weight excluding hydrogens is 226 g/mol. The SMILES string of the molecule is CC(NCCc1ccccn1)C(=O)N1CCCC1. The molecular formula is C14H21N3O. The fourth-order valence-corrected chi connectivity index (χ4v) is 2.26. The molecule has 1 amide bonds. The molecule has 1 aromatic heterocycles. The largest absolute Gasteiger partial charge is 0.341 e. The van der Waals surface area contributed by atoms with Gasteiger partial charge in [0.15, 0.2) is 0 Å². The van der Waals surface area contributed by atoms with E-state index in [-0.39, 0.29) is 11.9 Å². The van der Waals surface area contributed by atoms with Gasteiger partial charge in [-0.3, -0.25) is 9.78 Å². The van der Waals surface area contributed by atoms with Gasteiger partial charge in [-0.15, -0.1) is 0 Å². The second kappa shape index (κ2) is 6.50. The van der Waals surface area contributed by atoms with Gasteiger partial charge in [-0.2, -0.15) is 0 Å². The van der Waals surface area contributed by atoms with Crippen LogP contribution in [0.2, 0.25) is 0 Å². The summed E-state index contributed by atoms with van der Waals surface area (Å²) in [7, 11) is 0. The van der Waals surface area contributed by atoms with E-state index < -0.39 is 0 Å². The summed E-state index contributed by atoms with van der Waals surface area (Å²) in [6, 6.07) is 5.82. The third-order valence-electron chi connectivity index (χ3n) is 3.35. The molecule has 0 spiro atoms. The van der Waals surface area contributed by atoms with E-state index in [9.17, 15) is 4.79 Å². The lowest BCUT2D eigenvalue weighted by Crippen LogP contribution is -2.44. The summed E-state index contributed by atoms with van der Waals surface area (Å²) < 4.78 is 0. The topological polar surface area (TPSA) is 45.2 Å². The Balaban J connectivity index is 1.71. The van der Waals surface area contributed by atoms with Crippen LogP contribution in [-0.4, -0.2) is 41.5 Å². The molecule has 0 bridgehead atoms. The zero-order valence-electron chi connectivity index (χ0n) is 10.9. The van der Waals surface area contributed by atoms with Crippen LogP contribution in [0.3, 0.4) is 0 Å². The summed E-state index contributed by atoms with van der Waals surface area (Å²) in [4.78, 5) is 18.3. The van der Waals surface area contributed by atoms with Crippen LogP contribution < -0.4 is 5.32 Å². The quantitative estimate of drug-likeness (QED) is 0.851. The zero-order valence-corrected chi connectivity index (χ0v) is 10.9. The van der Waals surface area contributed by atoms with Gasteiger partial charge in [0, 0.05) is 37.9 Å². The minimum Gasteiger partial charge on any atom is -0.341 e. The van der Waals surface area contributed by atoms with Gasteiger partial charge in [-0.25, -0.2) is 0 Å². The molecule has 0 aliphatic carbocycles. The molecule has 18 heavy (non-hydrogen) atoms. The van der Waals surface area contributed by atoms with Crippen LogP contribution in [0.4, 0.5) is 0 Å². The molecule has 1 fully saturated rings. The summed E-state index contributed by atoms with van der Waals surface area (Å²) in [6.45, 7) is 4.58. The predicted octanol–water partition coefficient (Wildman–Crippen LogP) is 1.22. The van der Waals surface area contributed by atoms with Crippen molar-refractivity contribution in [3.63, 3.8) is 0 Å². The lowest BCUT2D eigenvalue weighted by Gasteiger charge is -2.21. The minimum atomic E-state index is -0.0909. The van der Waals surface area contributed by atoms with Crippen LogP contribution in [0.1, 0.15) is 25.5 Å². The minimum absolute atomic E-state index is 0.0909. The van der Waals surface area contributed by atoms with E-state index in [0.29, 0.717) is 0 Å². The first kappa shape index (κ1) is 13.0. The average Bonchev–Trinajstić information content (AvgIpc) is 2.93. The standard InChI is InChI=1S/C14H21N3O/c1-12(14(18)17-10-4-5-11-17)15-9-7-13-6-2-3-8-16-13/h2-3,6,8,12,15H,4-5,7,9-11H2,1H3. The molecule has 0 radical (unpaired) electrons. The number of nitrogens with one attached hydrogen (secondary N) is 1. The fraction of sp³-hybridized carbons (Fsp3) is 0.571. The first-order valence-electron chi connectivity index (χ1n) is 6.69. The van der Waals surface area contributed by atoms with E-state index >= 15 is 0 Å². The number of hydrogen-bond acceptors (Lipinski definition) is 3. The Hall–Kier alpha value is -1.42. The molecule has 1 aromatic rings. The molecule has 1 aliphatic rings. The molecule has 1 saturated heterocycles. The van der Waals surface area contributed by atoms with Gasteiger partial charge >= 0.3 is 0 Å². The van der Waals surface area contributed by atoms with Gasteiger partial charge in [0.05, 0.1) is 6.04 Å². The maximum Gasteiger partial charge on any atom is 0.239 e. The summed E-state index contributed by atoms with van der Waals surface area (Å²) in [5, 5.41) is 3.28. The number of amides is 1. The smallest absolute Gasteiger partial charge is 0.239 e. The van der Waals surface area contributed by atoms with Gasteiger partial charge in [0.1, 0.15) is 0 Å². The van der Waals surface area contributed by atoms with Gasteiger partial charge in [-0.05, 0) is 31.9 Å². The van der Waals surface area contributed by atoms with E-state index in [2.05, 4.69) is 10.3 Å². The number of carbonyl (C=O) groups excluding carboxylic acids is 1. The highest BCUT2D eigenvalue weighted by molar-refractivity contribution is 5.81. The first-order chi connectivity index (χ1) is 8.77. The van der Waals surface area contributed by atoms with E-state index in [1.54, 1.807) is 6.20 Å².